The molecule has 2 rings (SSSR count). The molecule has 0 saturated carbocycles. The standard InChI is InChI=1S/C19H25NO4S/c1-12-10-18(25-14(12)3)19(21)20-13(2)15-6-7-16(17(11-15)23-5)24-9-8-22-4/h6-7,10-11,13H,8-9H2,1-5H3,(H,20,21). The van der Waals surface area contributed by atoms with E-state index in [1.165, 1.54) is 11.3 Å². The Morgan fingerprint density at radius 1 is 1.16 bits per heavy atom. The molecule has 1 N–H and O–H groups in total. The Labute approximate surface area is 152 Å². The van der Waals surface area contributed by atoms with Crippen LogP contribution in [0.3, 0.4) is 0 Å². The summed E-state index contributed by atoms with van der Waals surface area (Å²) in [6.07, 6.45) is 0. The van der Waals surface area contributed by atoms with Gasteiger partial charge in [-0.25, -0.2) is 0 Å². The van der Waals surface area contributed by atoms with E-state index in [9.17, 15) is 4.79 Å². The molecule has 25 heavy (non-hydrogen) atoms. The van der Waals surface area contributed by atoms with Crippen molar-refractivity contribution in [1.82, 2.24) is 5.32 Å². The number of carbonyl (C=O) groups is 1. The smallest absolute Gasteiger partial charge is 0.261 e. The van der Waals surface area contributed by atoms with E-state index >= 15 is 0 Å². The minimum absolute atomic E-state index is 0.0620. The summed E-state index contributed by atoms with van der Waals surface area (Å²) in [6, 6.07) is 7.46. The zero-order valence-electron chi connectivity index (χ0n) is 15.3. The van der Waals surface area contributed by atoms with Gasteiger partial charge in [0.25, 0.3) is 5.91 Å². The van der Waals surface area contributed by atoms with Gasteiger partial charge in [0, 0.05) is 12.0 Å². The highest BCUT2D eigenvalue weighted by atomic mass is 32.1. The Morgan fingerprint density at radius 2 is 1.92 bits per heavy atom. The van der Waals surface area contributed by atoms with E-state index < -0.39 is 0 Å². The van der Waals surface area contributed by atoms with Crippen LogP contribution >= 0.6 is 11.3 Å². The molecule has 0 radical (unpaired) electrons. The second kappa shape index (κ2) is 8.87. The highest BCUT2D eigenvalue weighted by Gasteiger charge is 2.16. The lowest BCUT2D eigenvalue weighted by Gasteiger charge is -2.17. The van der Waals surface area contributed by atoms with E-state index in [0.29, 0.717) is 24.7 Å². The van der Waals surface area contributed by atoms with Crippen molar-refractivity contribution in [1.29, 1.82) is 0 Å². The van der Waals surface area contributed by atoms with Gasteiger partial charge in [-0.1, -0.05) is 6.07 Å². The summed E-state index contributed by atoms with van der Waals surface area (Å²) in [7, 11) is 3.23. The summed E-state index contributed by atoms with van der Waals surface area (Å²) >= 11 is 1.51. The third-order valence-electron chi connectivity index (χ3n) is 3.97. The molecule has 1 unspecified atom stereocenters. The van der Waals surface area contributed by atoms with Crippen molar-refractivity contribution < 1.29 is 19.0 Å². The third kappa shape index (κ3) is 4.96. The van der Waals surface area contributed by atoms with Gasteiger partial charge in [-0.05, 0) is 50.1 Å². The summed E-state index contributed by atoms with van der Waals surface area (Å²) in [6.45, 7) is 6.95. The van der Waals surface area contributed by atoms with Crippen LogP contribution in [0.5, 0.6) is 11.5 Å². The number of rotatable bonds is 8. The zero-order chi connectivity index (χ0) is 18.4. The van der Waals surface area contributed by atoms with Gasteiger partial charge in [0.05, 0.1) is 24.6 Å². The Balaban J connectivity index is 2.07. The van der Waals surface area contributed by atoms with Crippen molar-refractivity contribution >= 4 is 17.2 Å². The van der Waals surface area contributed by atoms with Crippen LogP contribution in [-0.2, 0) is 4.74 Å². The van der Waals surface area contributed by atoms with E-state index in [1.54, 1.807) is 14.2 Å². The average molecular weight is 363 g/mol. The first kappa shape index (κ1) is 19.3. The molecule has 0 fully saturated rings. The molecule has 136 valence electrons. The normalized spacial score (nSPS) is 11.9. The first-order valence-corrected chi connectivity index (χ1v) is 8.95. The minimum atomic E-state index is -0.142. The zero-order valence-corrected chi connectivity index (χ0v) is 16.2. The molecule has 5 nitrogen and oxygen atoms in total. The van der Waals surface area contributed by atoms with Gasteiger partial charge in [0.2, 0.25) is 0 Å². The van der Waals surface area contributed by atoms with Crippen LogP contribution in [-0.4, -0.2) is 33.3 Å². The number of methoxy groups -OCH3 is 2. The minimum Gasteiger partial charge on any atom is -0.493 e. The van der Waals surface area contributed by atoms with Gasteiger partial charge >= 0.3 is 0 Å². The first-order valence-electron chi connectivity index (χ1n) is 8.13. The van der Waals surface area contributed by atoms with Crippen molar-refractivity contribution in [3.63, 3.8) is 0 Å². The molecule has 1 aromatic heterocycles. The third-order valence-corrected chi connectivity index (χ3v) is 5.12. The number of aryl methyl sites for hydroxylation is 2. The molecule has 0 aliphatic rings. The van der Waals surface area contributed by atoms with Crippen molar-refractivity contribution in [3.8, 4) is 11.5 Å². The van der Waals surface area contributed by atoms with Gasteiger partial charge in [-0.2, -0.15) is 0 Å². The summed E-state index contributed by atoms with van der Waals surface area (Å²) in [5.41, 5.74) is 2.09. The monoisotopic (exact) mass is 363 g/mol. The number of hydrogen-bond acceptors (Lipinski definition) is 5. The highest BCUT2D eigenvalue weighted by molar-refractivity contribution is 7.14. The number of carbonyl (C=O) groups excluding carboxylic acids is 1. The summed E-state index contributed by atoms with van der Waals surface area (Å²) in [5.74, 6) is 1.23. The SMILES string of the molecule is COCCOc1ccc(C(C)NC(=O)c2cc(C)c(C)s2)cc1OC. The van der Waals surface area contributed by atoms with Crippen molar-refractivity contribution in [2.45, 2.75) is 26.8 Å². The molecule has 0 saturated heterocycles. The molecule has 1 heterocycles. The summed E-state index contributed by atoms with van der Waals surface area (Å²) in [4.78, 5) is 14.3. The average Bonchev–Trinajstić information content (AvgIpc) is 2.94. The van der Waals surface area contributed by atoms with Crippen molar-refractivity contribution in [2.75, 3.05) is 27.4 Å². The summed E-state index contributed by atoms with van der Waals surface area (Å²) in [5, 5.41) is 3.03. The number of nitrogens with one attached hydrogen (secondary N) is 1. The Morgan fingerprint density at radius 3 is 2.52 bits per heavy atom. The fourth-order valence-corrected chi connectivity index (χ4v) is 3.28. The van der Waals surface area contributed by atoms with Crippen LogP contribution in [0.4, 0.5) is 0 Å². The Hall–Kier alpha value is -2.05. The van der Waals surface area contributed by atoms with Gasteiger partial charge in [-0.3, -0.25) is 4.79 Å². The van der Waals surface area contributed by atoms with Crippen LogP contribution in [0, 0.1) is 13.8 Å². The van der Waals surface area contributed by atoms with E-state index in [1.807, 2.05) is 45.0 Å². The molecule has 1 atom stereocenters. The predicted octanol–water partition coefficient (Wildman–Crippen LogP) is 3.89. The van der Waals surface area contributed by atoms with Crippen LogP contribution in [0.2, 0.25) is 0 Å². The Kier molecular flexibility index (Phi) is 6.84. The number of amides is 1. The molecular weight excluding hydrogens is 338 g/mol. The first-order chi connectivity index (χ1) is 12.0. The molecule has 0 aliphatic carbocycles. The number of benzene rings is 1. The fraction of sp³-hybridized carbons (Fsp3) is 0.421. The topological polar surface area (TPSA) is 56.8 Å². The molecule has 6 heteroatoms. The lowest BCUT2D eigenvalue weighted by Crippen LogP contribution is -2.25. The van der Waals surface area contributed by atoms with Gasteiger partial charge in [0.1, 0.15) is 6.61 Å². The Bertz CT molecular complexity index is 707. The maximum absolute atomic E-state index is 12.4. The van der Waals surface area contributed by atoms with Crippen LogP contribution < -0.4 is 14.8 Å². The highest BCUT2D eigenvalue weighted by Crippen LogP contribution is 2.30. The lowest BCUT2D eigenvalue weighted by molar-refractivity contribution is 0.0944. The van der Waals surface area contributed by atoms with Crippen molar-refractivity contribution in [3.05, 3.63) is 45.1 Å². The molecule has 1 amide bonds. The number of hydrogen-bond donors (Lipinski definition) is 1. The number of thiophene rings is 1. The quantitative estimate of drug-likeness (QED) is 0.723. The molecule has 0 spiro atoms. The second-order valence-corrected chi connectivity index (χ2v) is 7.05. The molecular formula is C19H25NO4S. The molecule has 0 bridgehead atoms. The van der Waals surface area contributed by atoms with Gasteiger partial charge in [0.15, 0.2) is 11.5 Å². The summed E-state index contributed by atoms with van der Waals surface area (Å²) < 4.78 is 16.0. The van der Waals surface area contributed by atoms with E-state index in [0.717, 1.165) is 20.9 Å². The maximum Gasteiger partial charge on any atom is 0.261 e. The maximum atomic E-state index is 12.4. The van der Waals surface area contributed by atoms with Gasteiger partial charge < -0.3 is 19.5 Å². The van der Waals surface area contributed by atoms with Crippen LogP contribution in [0.25, 0.3) is 0 Å². The van der Waals surface area contributed by atoms with Crippen LogP contribution in [0.1, 0.15) is 38.6 Å². The van der Waals surface area contributed by atoms with Crippen LogP contribution in [0.15, 0.2) is 24.3 Å². The predicted molar refractivity (Wildman–Crippen MR) is 100 cm³/mol. The number of ether oxygens (including phenoxy) is 3. The van der Waals surface area contributed by atoms with E-state index in [4.69, 9.17) is 14.2 Å². The lowest BCUT2D eigenvalue weighted by atomic mass is 10.1. The van der Waals surface area contributed by atoms with Crippen molar-refractivity contribution in [2.24, 2.45) is 0 Å². The van der Waals surface area contributed by atoms with E-state index in [2.05, 4.69) is 5.32 Å². The van der Waals surface area contributed by atoms with E-state index in [-0.39, 0.29) is 11.9 Å². The molecule has 1 aromatic carbocycles. The van der Waals surface area contributed by atoms with Gasteiger partial charge in [-0.15, -0.1) is 11.3 Å². The largest absolute Gasteiger partial charge is 0.493 e. The second-order valence-electron chi connectivity index (χ2n) is 5.80. The molecule has 0 aliphatic heterocycles. The fourth-order valence-electron chi connectivity index (χ4n) is 2.34. The molecule has 2 aromatic rings.